The fourth-order valence-electron chi connectivity index (χ4n) is 2.94. The first-order valence-corrected chi connectivity index (χ1v) is 10.5. The monoisotopic (exact) mass is 418 g/mol. The molecule has 29 heavy (non-hydrogen) atoms. The third-order valence-electron chi connectivity index (χ3n) is 4.42. The summed E-state index contributed by atoms with van der Waals surface area (Å²) in [7, 11) is -2.33. The second kappa shape index (κ2) is 8.52. The molecule has 2 aromatic rings. The lowest BCUT2D eigenvalue weighted by molar-refractivity contribution is -0.121. The number of methoxy groups -OCH3 is 1. The highest BCUT2D eigenvalue weighted by Crippen LogP contribution is 2.29. The molecule has 0 spiro atoms. The Hall–Kier alpha value is -3.07. The van der Waals surface area contributed by atoms with Gasteiger partial charge in [0.2, 0.25) is 5.91 Å². The summed E-state index contributed by atoms with van der Waals surface area (Å²) < 4.78 is 36.4. The maximum absolute atomic E-state index is 12.5. The SMILES string of the molecule is COc1ccc(OCC(C)NC(=O)CCN2C(=O)c3ccccc3S2(=O)=O)cc1. The van der Waals surface area contributed by atoms with Crippen molar-refractivity contribution >= 4 is 21.8 Å². The molecule has 1 aliphatic rings. The molecule has 2 aromatic carbocycles. The van der Waals surface area contributed by atoms with Gasteiger partial charge < -0.3 is 14.8 Å². The van der Waals surface area contributed by atoms with Gasteiger partial charge >= 0.3 is 0 Å². The number of amides is 2. The summed E-state index contributed by atoms with van der Waals surface area (Å²) in [5.74, 6) is 0.379. The number of nitrogens with zero attached hydrogens (tertiary/aromatic N) is 1. The maximum atomic E-state index is 12.5. The minimum absolute atomic E-state index is 0.0216. The molecule has 0 radical (unpaired) electrons. The first-order valence-electron chi connectivity index (χ1n) is 9.05. The summed E-state index contributed by atoms with van der Waals surface area (Å²) in [5, 5.41) is 2.74. The van der Waals surface area contributed by atoms with Gasteiger partial charge in [-0.05, 0) is 43.3 Å². The Morgan fingerprint density at radius 3 is 2.41 bits per heavy atom. The van der Waals surface area contributed by atoms with Gasteiger partial charge in [-0.3, -0.25) is 9.59 Å². The molecule has 1 aliphatic heterocycles. The number of hydrogen-bond acceptors (Lipinski definition) is 6. The molecule has 1 unspecified atom stereocenters. The highest BCUT2D eigenvalue weighted by molar-refractivity contribution is 7.90. The molecule has 1 heterocycles. The smallest absolute Gasteiger partial charge is 0.269 e. The topological polar surface area (TPSA) is 102 Å². The molecule has 154 valence electrons. The Labute approximate surface area is 169 Å². The molecule has 1 atom stereocenters. The summed E-state index contributed by atoms with van der Waals surface area (Å²) in [6.45, 7) is 1.80. The van der Waals surface area contributed by atoms with Crippen LogP contribution >= 0.6 is 0 Å². The van der Waals surface area contributed by atoms with E-state index < -0.39 is 15.9 Å². The Bertz CT molecular complexity index is 1000. The fraction of sp³-hybridized carbons (Fsp3) is 0.300. The molecule has 1 N–H and O–H groups in total. The number of benzene rings is 2. The Morgan fingerprint density at radius 1 is 1.10 bits per heavy atom. The van der Waals surface area contributed by atoms with Crippen molar-refractivity contribution in [3.8, 4) is 11.5 Å². The zero-order valence-corrected chi connectivity index (χ0v) is 16.9. The van der Waals surface area contributed by atoms with E-state index in [9.17, 15) is 18.0 Å². The van der Waals surface area contributed by atoms with Gasteiger partial charge in [-0.25, -0.2) is 12.7 Å². The van der Waals surface area contributed by atoms with E-state index in [0.717, 1.165) is 4.31 Å². The lowest BCUT2D eigenvalue weighted by Gasteiger charge is -2.17. The molecule has 9 heteroatoms. The predicted octanol–water partition coefficient (Wildman–Crippen LogP) is 1.81. The Morgan fingerprint density at radius 2 is 1.76 bits per heavy atom. The van der Waals surface area contributed by atoms with Crippen LogP contribution < -0.4 is 14.8 Å². The van der Waals surface area contributed by atoms with Crippen LogP contribution in [0.15, 0.2) is 53.4 Å². The van der Waals surface area contributed by atoms with Crippen LogP contribution in [0.4, 0.5) is 0 Å². The molecule has 0 aliphatic carbocycles. The van der Waals surface area contributed by atoms with Crippen molar-refractivity contribution in [1.29, 1.82) is 0 Å². The Balaban J connectivity index is 1.49. The van der Waals surface area contributed by atoms with Gasteiger partial charge in [0.05, 0.1) is 18.7 Å². The van der Waals surface area contributed by atoms with Crippen molar-refractivity contribution in [3.63, 3.8) is 0 Å². The van der Waals surface area contributed by atoms with Crippen LogP contribution in [0.3, 0.4) is 0 Å². The molecule has 0 fully saturated rings. The van der Waals surface area contributed by atoms with E-state index in [1.54, 1.807) is 50.4 Å². The van der Waals surface area contributed by atoms with Crippen LogP contribution in [0, 0.1) is 0 Å². The second-order valence-corrected chi connectivity index (χ2v) is 8.41. The zero-order valence-electron chi connectivity index (χ0n) is 16.1. The van der Waals surface area contributed by atoms with Crippen LogP contribution in [0.5, 0.6) is 11.5 Å². The molecule has 0 saturated heterocycles. The lowest BCUT2D eigenvalue weighted by Crippen LogP contribution is -2.39. The van der Waals surface area contributed by atoms with Crippen molar-refractivity contribution in [2.24, 2.45) is 0 Å². The predicted molar refractivity (Wildman–Crippen MR) is 105 cm³/mol. The van der Waals surface area contributed by atoms with E-state index in [-0.39, 0.29) is 42.0 Å². The van der Waals surface area contributed by atoms with Crippen LogP contribution in [-0.4, -0.2) is 50.8 Å². The average Bonchev–Trinajstić information content (AvgIpc) is 2.91. The van der Waals surface area contributed by atoms with Gasteiger partial charge in [0, 0.05) is 13.0 Å². The van der Waals surface area contributed by atoms with Crippen LogP contribution in [0.1, 0.15) is 23.7 Å². The third-order valence-corrected chi connectivity index (χ3v) is 6.26. The van der Waals surface area contributed by atoms with E-state index in [1.807, 2.05) is 0 Å². The normalized spacial score (nSPS) is 15.5. The average molecular weight is 418 g/mol. The van der Waals surface area contributed by atoms with Gasteiger partial charge in [-0.1, -0.05) is 12.1 Å². The third kappa shape index (κ3) is 4.51. The molecular weight excluding hydrogens is 396 g/mol. The summed E-state index contributed by atoms with van der Waals surface area (Å²) >= 11 is 0. The maximum Gasteiger partial charge on any atom is 0.269 e. The molecule has 0 aromatic heterocycles. The van der Waals surface area contributed by atoms with Crippen LogP contribution in [0.25, 0.3) is 0 Å². The highest BCUT2D eigenvalue weighted by Gasteiger charge is 2.40. The molecule has 2 amide bonds. The second-order valence-electron chi connectivity index (χ2n) is 6.58. The van der Waals surface area contributed by atoms with Crippen LogP contribution in [-0.2, 0) is 14.8 Å². The number of ether oxygens (including phenoxy) is 2. The van der Waals surface area contributed by atoms with Crippen molar-refractivity contribution in [2.75, 3.05) is 20.3 Å². The number of carbonyl (C=O) groups is 2. The molecule has 0 bridgehead atoms. The van der Waals surface area contributed by atoms with Gasteiger partial charge in [-0.15, -0.1) is 0 Å². The number of rotatable bonds is 8. The van der Waals surface area contributed by atoms with E-state index >= 15 is 0 Å². The number of nitrogens with one attached hydrogen (secondary N) is 1. The number of fused-ring (bicyclic) bond motifs is 1. The van der Waals surface area contributed by atoms with Crippen molar-refractivity contribution in [1.82, 2.24) is 9.62 Å². The first kappa shape index (κ1) is 20.7. The van der Waals surface area contributed by atoms with Gasteiger partial charge in [0.25, 0.3) is 15.9 Å². The van der Waals surface area contributed by atoms with E-state index in [4.69, 9.17) is 9.47 Å². The van der Waals surface area contributed by atoms with E-state index in [2.05, 4.69) is 5.32 Å². The van der Waals surface area contributed by atoms with Crippen molar-refractivity contribution < 1.29 is 27.5 Å². The quantitative estimate of drug-likeness (QED) is 0.702. The minimum Gasteiger partial charge on any atom is -0.497 e. The van der Waals surface area contributed by atoms with Gasteiger partial charge in [0.1, 0.15) is 23.0 Å². The van der Waals surface area contributed by atoms with Gasteiger partial charge in [0.15, 0.2) is 0 Å². The summed E-state index contributed by atoms with van der Waals surface area (Å²) in [5.41, 5.74) is 0.133. The zero-order chi connectivity index (χ0) is 21.0. The number of sulfonamides is 1. The highest BCUT2D eigenvalue weighted by atomic mass is 32.2. The fourth-order valence-corrected chi connectivity index (χ4v) is 4.51. The molecular formula is C20H22N2O6S. The van der Waals surface area contributed by atoms with Gasteiger partial charge in [-0.2, -0.15) is 0 Å². The van der Waals surface area contributed by atoms with Crippen LogP contribution in [0.2, 0.25) is 0 Å². The summed E-state index contributed by atoms with van der Waals surface area (Å²) in [6, 6.07) is 12.8. The van der Waals surface area contributed by atoms with Crippen molar-refractivity contribution in [2.45, 2.75) is 24.3 Å². The summed E-state index contributed by atoms with van der Waals surface area (Å²) in [6.07, 6.45) is -0.133. The first-order chi connectivity index (χ1) is 13.8. The number of carbonyl (C=O) groups excluding carboxylic acids is 2. The van der Waals surface area contributed by atoms with Crippen molar-refractivity contribution in [3.05, 3.63) is 54.1 Å². The number of hydrogen-bond donors (Lipinski definition) is 1. The minimum atomic E-state index is -3.90. The molecule has 0 saturated carbocycles. The lowest BCUT2D eigenvalue weighted by atomic mass is 10.2. The Kier molecular flexibility index (Phi) is 6.07. The standard InChI is InChI=1S/C20H22N2O6S/c1-14(13-28-16-9-7-15(27-2)8-10-16)21-19(23)11-12-22-20(24)17-5-3-4-6-18(17)29(22,25)26/h3-10,14H,11-13H2,1-2H3,(H,21,23). The van der Waals surface area contributed by atoms with E-state index in [1.165, 1.54) is 12.1 Å². The summed E-state index contributed by atoms with van der Waals surface area (Å²) in [4.78, 5) is 24.5. The molecule has 3 rings (SSSR count). The largest absolute Gasteiger partial charge is 0.497 e. The van der Waals surface area contributed by atoms with E-state index in [0.29, 0.717) is 11.5 Å². The molecule has 8 nitrogen and oxygen atoms in total.